The molecule has 1 aliphatic heterocycles. The van der Waals surface area contributed by atoms with E-state index in [9.17, 15) is 19.7 Å². The van der Waals surface area contributed by atoms with Crippen LogP contribution in [0.15, 0.2) is 81.7 Å². The van der Waals surface area contributed by atoms with E-state index in [-0.39, 0.29) is 30.6 Å². The van der Waals surface area contributed by atoms with Crippen molar-refractivity contribution in [2.45, 2.75) is 46.4 Å². The van der Waals surface area contributed by atoms with Gasteiger partial charge in [-0.1, -0.05) is 23.5 Å². The summed E-state index contributed by atoms with van der Waals surface area (Å²) >= 11 is 5.64. The molecule has 10 nitrogen and oxygen atoms in total. The van der Waals surface area contributed by atoms with Crippen molar-refractivity contribution in [3.63, 3.8) is 0 Å². The highest BCUT2D eigenvalue weighted by molar-refractivity contribution is 14.1. The van der Waals surface area contributed by atoms with Crippen LogP contribution in [0.1, 0.15) is 50.4 Å². The SMILES string of the molecule is CCOC(=O)C1=C(C)N=c2s/c(=C\c3cc(I)c(OCc4ccc([N+](=O)[O-])cc4)c(I)c3)c(=O)n2[C@@H]1c1ccc(OC(C)C)cc1. The van der Waals surface area contributed by atoms with Gasteiger partial charge in [-0.15, -0.1) is 0 Å². The van der Waals surface area contributed by atoms with Gasteiger partial charge >= 0.3 is 5.97 Å². The zero-order valence-electron chi connectivity index (χ0n) is 25.3. The first-order chi connectivity index (χ1) is 22.0. The average molecular weight is 865 g/mol. The molecule has 2 heterocycles. The number of hydrogen-bond acceptors (Lipinski definition) is 9. The minimum absolute atomic E-state index is 0.00237. The van der Waals surface area contributed by atoms with Crippen LogP contribution in [0.5, 0.6) is 11.5 Å². The molecule has 1 aliphatic rings. The lowest BCUT2D eigenvalue weighted by molar-refractivity contribution is -0.384. The first-order valence-electron chi connectivity index (χ1n) is 14.3. The maximum Gasteiger partial charge on any atom is 0.338 e. The largest absolute Gasteiger partial charge is 0.491 e. The Morgan fingerprint density at radius 2 is 1.76 bits per heavy atom. The van der Waals surface area contributed by atoms with Crippen LogP contribution in [-0.4, -0.2) is 28.2 Å². The van der Waals surface area contributed by atoms with Crippen LogP contribution in [0.3, 0.4) is 0 Å². The normalized spacial score (nSPS) is 14.6. The predicted octanol–water partition coefficient (Wildman–Crippen LogP) is 6.28. The fourth-order valence-electron chi connectivity index (χ4n) is 4.93. The minimum atomic E-state index is -0.721. The van der Waals surface area contributed by atoms with Crippen LogP contribution in [0, 0.1) is 17.3 Å². The number of benzene rings is 3. The van der Waals surface area contributed by atoms with Gasteiger partial charge in [0.25, 0.3) is 11.2 Å². The van der Waals surface area contributed by atoms with Gasteiger partial charge in [0.05, 0.1) is 46.6 Å². The first kappa shape index (κ1) is 33.8. The lowest BCUT2D eigenvalue weighted by atomic mass is 9.96. The quantitative estimate of drug-likeness (QED) is 0.0797. The number of carbonyl (C=O) groups excluding carboxylic acids is 1. The topological polar surface area (TPSA) is 122 Å². The van der Waals surface area contributed by atoms with Crippen molar-refractivity contribution in [3.05, 3.63) is 126 Å². The molecular weight excluding hydrogens is 836 g/mol. The molecule has 4 aromatic rings. The fourth-order valence-corrected chi connectivity index (χ4v) is 8.10. The lowest BCUT2D eigenvalue weighted by Gasteiger charge is -2.25. The van der Waals surface area contributed by atoms with Gasteiger partial charge in [-0.2, -0.15) is 0 Å². The van der Waals surface area contributed by atoms with Gasteiger partial charge in [0, 0.05) is 12.1 Å². The van der Waals surface area contributed by atoms with Crippen molar-refractivity contribution in [2.24, 2.45) is 4.99 Å². The molecular formula is C33H29I2N3O7S. The van der Waals surface area contributed by atoms with Crippen molar-refractivity contribution in [2.75, 3.05) is 6.61 Å². The second kappa shape index (κ2) is 14.5. The maximum absolute atomic E-state index is 14.0. The Balaban J connectivity index is 1.51. The van der Waals surface area contributed by atoms with Gasteiger partial charge in [-0.05, 0) is 132 Å². The molecule has 0 radical (unpaired) electrons. The van der Waals surface area contributed by atoms with Crippen molar-refractivity contribution in [1.29, 1.82) is 0 Å². The fraction of sp³-hybridized carbons (Fsp3) is 0.242. The maximum atomic E-state index is 14.0. The van der Waals surface area contributed by atoms with E-state index < -0.39 is 16.9 Å². The molecule has 0 aliphatic carbocycles. The number of rotatable bonds is 10. The number of thiazole rings is 1. The highest BCUT2D eigenvalue weighted by atomic mass is 127. The molecule has 1 aromatic heterocycles. The minimum Gasteiger partial charge on any atom is -0.491 e. The highest BCUT2D eigenvalue weighted by Crippen LogP contribution is 2.33. The van der Waals surface area contributed by atoms with Gasteiger partial charge in [0.2, 0.25) is 0 Å². The zero-order chi connectivity index (χ0) is 33.1. The molecule has 3 aromatic carbocycles. The summed E-state index contributed by atoms with van der Waals surface area (Å²) in [4.78, 5) is 42.9. The number of fused-ring (bicyclic) bond motifs is 1. The Morgan fingerprint density at radius 3 is 2.35 bits per heavy atom. The second-order valence-corrected chi connectivity index (χ2v) is 13.9. The molecule has 0 N–H and O–H groups in total. The number of aromatic nitrogens is 1. The molecule has 46 heavy (non-hydrogen) atoms. The molecule has 13 heteroatoms. The standard InChI is InChI=1S/C33H29I2N3O7S/c1-5-43-32(40)28-19(4)36-33-37(29(28)22-8-12-24(13-9-22)45-18(2)3)31(39)27(46-33)16-21-14-25(34)30(26(35)15-21)44-17-20-6-10-23(11-7-20)38(41)42/h6-16,18,29H,5,17H2,1-4H3/b27-16-/t29-/m1/s1. The number of esters is 1. The predicted molar refractivity (Wildman–Crippen MR) is 192 cm³/mol. The van der Waals surface area contributed by atoms with E-state index in [1.54, 1.807) is 30.5 Å². The molecule has 0 spiro atoms. The van der Waals surface area contributed by atoms with Crippen molar-refractivity contribution in [1.82, 2.24) is 4.57 Å². The number of carbonyl (C=O) groups is 1. The third-order valence-electron chi connectivity index (χ3n) is 6.93. The van der Waals surface area contributed by atoms with Gasteiger partial charge in [-0.25, -0.2) is 9.79 Å². The number of nitro groups is 1. The summed E-state index contributed by atoms with van der Waals surface area (Å²) in [5.41, 5.74) is 2.91. The van der Waals surface area contributed by atoms with Crippen LogP contribution in [-0.2, 0) is 16.1 Å². The number of halogens is 2. The van der Waals surface area contributed by atoms with Crippen molar-refractivity contribution < 1.29 is 23.9 Å². The van der Waals surface area contributed by atoms with E-state index in [0.29, 0.717) is 32.1 Å². The van der Waals surface area contributed by atoms with Crippen LogP contribution in [0.2, 0.25) is 0 Å². The molecule has 0 unspecified atom stereocenters. The van der Waals surface area contributed by atoms with Gasteiger partial charge in [-0.3, -0.25) is 19.5 Å². The molecule has 0 bridgehead atoms. The van der Waals surface area contributed by atoms with E-state index in [1.165, 1.54) is 23.5 Å². The van der Waals surface area contributed by atoms with E-state index in [4.69, 9.17) is 14.2 Å². The Morgan fingerprint density at radius 1 is 1.11 bits per heavy atom. The molecule has 1 atom stereocenters. The van der Waals surface area contributed by atoms with Crippen LogP contribution in [0.4, 0.5) is 5.69 Å². The van der Waals surface area contributed by atoms with E-state index in [2.05, 4.69) is 50.2 Å². The summed E-state index contributed by atoms with van der Waals surface area (Å²) < 4.78 is 21.0. The van der Waals surface area contributed by atoms with E-state index in [0.717, 1.165) is 23.8 Å². The number of ether oxygens (including phenoxy) is 3. The Labute approximate surface area is 295 Å². The van der Waals surface area contributed by atoms with Gasteiger partial charge < -0.3 is 14.2 Å². The molecule has 0 saturated heterocycles. The highest BCUT2D eigenvalue weighted by Gasteiger charge is 2.33. The van der Waals surface area contributed by atoms with Crippen molar-refractivity contribution in [3.8, 4) is 11.5 Å². The molecule has 238 valence electrons. The number of nitro benzene ring substituents is 1. The number of allylic oxidation sites excluding steroid dienone is 1. The van der Waals surface area contributed by atoms with Gasteiger partial charge in [0.1, 0.15) is 18.1 Å². The summed E-state index contributed by atoms with van der Waals surface area (Å²) in [7, 11) is 0. The van der Waals surface area contributed by atoms with Gasteiger partial charge in [0.15, 0.2) is 4.80 Å². The Hall–Kier alpha value is -3.57. The smallest absolute Gasteiger partial charge is 0.338 e. The molecule has 0 amide bonds. The number of non-ortho nitro benzene ring substituents is 1. The summed E-state index contributed by atoms with van der Waals surface area (Å²) in [6, 6.07) is 16.7. The molecule has 5 rings (SSSR count). The number of hydrogen-bond donors (Lipinski definition) is 0. The first-order valence-corrected chi connectivity index (χ1v) is 17.3. The molecule has 0 fully saturated rings. The van der Waals surface area contributed by atoms with Crippen LogP contribution >= 0.6 is 56.5 Å². The summed E-state index contributed by atoms with van der Waals surface area (Å²) in [6.07, 6.45) is 1.82. The molecule has 0 saturated carbocycles. The Bertz CT molecular complexity index is 1990. The second-order valence-electron chi connectivity index (χ2n) is 10.6. The monoisotopic (exact) mass is 865 g/mol. The van der Waals surface area contributed by atoms with Crippen molar-refractivity contribution >= 4 is 74.3 Å². The third-order valence-corrected chi connectivity index (χ3v) is 9.52. The Kier molecular flexibility index (Phi) is 10.6. The van der Waals surface area contributed by atoms with E-state index >= 15 is 0 Å². The summed E-state index contributed by atoms with van der Waals surface area (Å²) in [6.45, 7) is 7.83. The summed E-state index contributed by atoms with van der Waals surface area (Å²) in [5.74, 6) is 0.852. The van der Waals surface area contributed by atoms with Crippen LogP contribution in [0.25, 0.3) is 6.08 Å². The van der Waals surface area contributed by atoms with Crippen LogP contribution < -0.4 is 24.4 Å². The van der Waals surface area contributed by atoms with E-state index in [1.807, 2.05) is 56.3 Å². The number of nitrogens with zero attached hydrogens (tertiary/aromatic N) is 3. The summed E-state index contributed by atoms with van der Waals surface area (Å²) in [5, 5.41) is 10.9. The lowest BCUT2D eigenvalue weighted by Crippen LogP contribution is -2.39. The average Bonchev–Trinajstić information content (AvgIpc) is 3.30. The third kappa shape index (κ3) is 7.36. The zero-order valence-corrected chi connectivity index (χ0v) is 30.4.